The number of furan rings is 1. The van der Waals surface area contributed by atoms with Crippen LogP contribution in [-0.2, 0) is 7.05 Å². The summed E-state index contributed by atoms with van der Waals surface area (Å²) in [5, 5.41) is 4.76. The highest BCUT2D eigenvalue weighted by molar-refractivity contribution is 6.11. The molecule has 0 amide bonds. The van der Waals surface area contributed by atoms with Crippen molar-refractivity contribution in [3.05, 3.63) is 127 Å². The number of para-hydroxylation sites is 5. The van der Waals surface area contributed by atoms with Gasteiger partial charge in [0.15, 0.2) is 5.58 Å². The number of hydrogen-bond donors (Lipinski definition) is 0. The van der Waals surface area contributed by atoms with Crippen LogP contribution in [0.4, 0.5) is 0 Å². The topological polar surface area (TPSA) is 40.3 Å². The fourth-order valence-corrected chi connectivity index (χ4v) is 7.28. The molecule has 0 aliphatic carbocycles. The summed E-state index contributed by atoms with van der Waals surface area (Å²) < 4.78 is 13.6. The zero-order valence-corrected chi connectivity index (χ0v) is 24.2. The van der Waals surface area contributed by atoms with E-state index in [-0.39, 0.29) is 0 Å². The minimum absolute atomic E-state index is 0.863. The second-order valence-electron chi connectivity index (χ2n) is 11.8. The number of benzene rings is 6. The molecule has 0 aliphatic rings. The molecule has 0 saturated heterocycles. The average Bonchev–Trinajstić information content (AvgIpc) is 3.78. The monoisotopic (exact) mass is 566 g/mol. The van der Waals surface area contributed by atoms with Crippen molar-refractivity contribution in [1.29, 1.82) is 0 Å². The van der Waals surface area contributed by atoms with Crippen molar-refractivity contribution in [2.75, 3.05) is 0 Å². The summed E-state index contributed by atoms with van der Waals surface area (Å²) in [6, 6.07) is 43.2. The van der Waals surface area contributed by atoms with E-state index in [1.165, 1.54) is 32.9 Å². The van der Waals surface area contributed by atoms with Crippen LogP contribution in [0, 0.1) is 6.92 Å². The van der Waals surface area contributed by atoms with Crippen LogP contribution in [0.25, 0.3) is 88.4 Å². The first kappa shape index (κ1) is 23.7. The lowest BCUT2D eigenvalue weighted by atomic mass is 10.0. The highest BCUT2D eigenvalue weighted by atomic mass is 16.3. The lowest BCUT2D eigenvalue weighted by Crippen LogP contribution is -1.96. The SMILES string of the molecule is Cc1cc(-n2c3ccccc3n3c4ccccc4nc23)c2oc3cc(-c4ccc5c(c4)c4ccccc4n5C)ccc3c2c1. The molecule has 0 atom stereocenters. The summed E-state index contributed by atoms with van der Waals surface area (Å²) in [4.78, 5) is 5.10. The Morgan fingerprint density at radius 3 is 2.16 bits per heavy atom. The molecule has 10 rings (SSSR count). The number of fused-ring (bicyclic) bond motifs is 11. The summed E-state index contributed by atoms with van der Waals surface area (Å²) in [6.45, 7) is 2.15. The third kappa shape index (κ3) is 3.05. The first-order valence-electron chi connectivity index (χ1n) is 15.0. The minimum atomic E-state index is 0.863. The number of aromatic nitrogens is 4. The number of aryl methyl sites for hydroxylation is 2. The predicted octanol–water partition coefficient (Wildman–Crippen LogP) is 9.95. The van der Waals surface area contributed by atoms with Gasteiger partial charge in [-0.05, 0) is 90.3 Å². The van der Waals surface area contributed by atoms with Crippen molar-refractivity contribution in [2.24, 2.45) is 7.05 Å². The number of imidazole rings is 2. The maximum Gasteiger partial charge on any atom is 0.220 e. The Bertz CT molecular complexity index is 2800. The van der Waals surface area contributed by atoms with Gasteiger partial charge in [0.1, 0.15) is 5.58 Å². The summed E-state index contributed by atoms with van der Waals surface area (Å²) >= 11 is 0. The van der Waals surface area contributed by atoms with Gasteiger partial charge in [-0.15, -0.1) is 0 Å². The summed E-state index contributed by atoms with van der Waals surface area (Å²) in [6.07, 6.45) is 0. The second-order valence-corrected chi connectivity index (χ2v) is 11.8. The molecule has 0 unspecified atom stereocenters. The van der Waals surface area contributed by atoms with Crippen LogP contribution in [0.1, 0.15) is 5.56 Å². The average molecular weight is 567 g/mol. The van der Waals surface area contributed by atoms with Crippen molar-refractivity contribution in [3.8, 4) is 16.8 Å². The molecule has 208 valence electrons. The van der Waals surface area contributed by atoms with Crippen molar-refractivity contribution in [3.63, 3.8) is 0 Å². The Balaban J connectivity index is 1.22. The minimum Gasteiger partial charge on any atom is -0.454 e. The van der Waals surface area contributed by atoms with Crippen LogP contribution >= 0.6 is 0 Å². The molecule has 0 N–H and O–H groups in total. The molecule has 5 heteroatoms. The number of hydrogen-bond acceptors (Lipinski definition) is 2. The Morgan fingerprint density at radius 2 is 1.27 bits per heavy atom. The molecule has 0 bridgehead atoms. The third-order valence-electron chi connectivity index (χ3n) is 9.29. The highest BCUT2D eigenvalue weighted by Gasteiger charge is 2.21. The summed E-state index contributed by atoms with van der Waals surface area (Å²) in [5.74, 6) is 0.879. The van der Waals surface area contributed by atoms with E-state index in [0.717, 1.165) is 61.0 Å². The van der Waals surface area contributed by atoms with Crippen LogP contribution in [-0.4, -0.2) is 18.5 Å². The van der Waals surface area contributed by atoms with E-state index in [2.05, 4.69) is 143 Å². The molecule has 6 aromatic carbocycles. The Kier molecular flexibility index (Phi) is 4.52. The first-order valence-corrected chi connectivity index (χ1v) is 15.0. The molecule has 4 heterocycles. The third-order valence-corrected chi connectivity index (χ3v) is 9.29. The van der Waals surface area contributed by atoms with Gasteiger partial charge in [-0.25, -0.2) is 4.98 Å². The van der Waals surface area contributed by atoms with Gasteiger partial charge in [0.05, 0.1) is 27.8 Å². The first-order chi connectivity index (χ1) is 21.6. The van der Waals surface area contributed by atoms with Gasteiger partial charge in [0.2, 0.25) is 5.78 Å². The lowest BCUT2D eigenvalue weighted by molar-refractivity contribution is 0.666. The Labute approximate surface area is 251 Å². The van der Waals surface area contributed by atoms with E-state index in [9.17, 15) is 0 Å². The molecule has 0 aliphatic heterocycles. The predicted molar refractivity (Wildman–Crippen MR) is 181 cm³/mol. The quantitative estimate of drug-likeness (QED) is 0.209. The van der Waals surface area contributed by atoms with Crippen LogP contribution in [0.2, 0.25) is 0 Å². The largest absolute Gasteiger partial charge is 0.454 e. The molecular formula is C39H26N4O. The van der Waals surface area contributed by atoms with Crippen molar-refractivity contribution in [1.82, 2.24) is 18.5 Å². The van der Waals surface area contributed by atoms with Gasteiger partial charge in [0, 0.05) is 39.6 Å². The molecular weight excluding hydrogens is 540 g/mol. The van der Waals surface area contributed by atoms with E-state index in [4.69, 9.17) is 9.40 Å². The van der Waals surface area contributed by atoms with E-state index in [0.29, 0.717) is 0 Å². The van der Waals surface area contributed by atoms with Gasteiger partial charge in [-0.3, -0.25) is 8.97 Å². The summed E-state index contributed by atoms with van der Waals surface area (Å²) in [5.41, 5.74) is 13.0. The fraction of sp³-hybridized carbons (Fsp3) is 0.0513. The number of rotatable bonds is 2. The molecule has 0 spiro atoms. The van der Waals surface area contributed by atoms with Crippen molar-refractivity contribution >= 4 is 71.6 Å². The van der Waals surface area contributed by atoms with E-state index in [1.54, 1.807) is 0 Å². The summed E-state index contributed by atoms with van der Waals surface area (Å²) in [7, 11) is 2.14. The zero-order chi connectivity index (χ0) is 29.1. The van der Waals surface area contributed by atoms with Gasteiger partial charge < -0.3 is 8.98 Å². The van der Waals surface area contributed by atoms with Gasteiger partial charge in [-0.1, -0.05) is 54.6 Å². The van der Waals surface area contributed by atoms with Gasteiger partial charge in [0.25, 0.3) is 0 Å². The van der Waals surface area contributed by atoms with Crippen molar-refractivity contribution in [2.45, 2.75) is 6.92 Å². The lowest BCUT2D eigenvalue weighted by Gasteiger charge is -2.07. The molecule has 0 fully saturated rings. The normalized spacial score (nSPS) is 12.3. The van der Waals surface area contributed by atoms with Crippen LogP contribution < -0.4 is 0 Å². The number of nitrogens with zero attached hydrogens (tertiary/aromatic N) is 4. The molecule has 10 aromatic rings. The Hall–Kier alpha value is -5.81. The Morgan fingerprint density at radius 1 is 0.568 bits per heavy atom. The molecule has 4 aromatic heterocycles. The second kappa shape index (κ2) is 8.39. The van der Waals surface area contributed by atoms with Crippen LogP contribution in [0.15, 0.2) is 126 Å². The molecule has 0 radical (unpaired) electrons. The highest BCUT2D eigenvalue weighted by Crippen LogP contribution is 2.39. The van der Waals surface area contributed by atoms with Gasteiger partial charge >= 0.3 is 0 Å². The van der Waals surface area contributed by atoms with Crippen LogP contribution in [0.5, 0.6) is 0 Å². The maximum absolute atomic E-state index is 6.80. The smallest absolute Gasteiger partial charge is 0.220 e. The van der Waals surface area contributed by atoms with E-state index in [1.807, 2.05) is 6.07 Å². The van der Waals surface area contributed by atoms with E-state index < -0.39 is 0 Å². The van der Waals surface area contributed by atoms with Crippen LogP contribution in [0.3, 0.4) is 0 Å². The molecule has 0 saturated carbocycles. The molecule has 44 heavy (non-hydrogen) atoms. The van der Waals surface area contributed by atoms with E-state index >= 15 is 0 Å². The zero-order valence-electron chi connectivity index (χ0n) is 24.2. The fourth-order valence-electron chi connectivity index (χ4n) is 7.28. The van der Waals surface area contributed by atoms with Crippen molar-refractivity contribution < 1.29 is 4.42 Å². The maximum atomic E-state index is 6.80. The van der Waals surface area contributed by atoms with Gasteiger partial charge in [-0.2, -0.15) is 0 Å². The molecule has 5 nitrogen and oxygen atoms in total. The standard InChI is InChI=1S/C39H26N4O/c1-23-19-29-27-17-15-25(24-16-18-32-28(21-24)26-9-3-5-11-31(26)41(32)2)22-37(27)44-38(29)36(20-23)43-35-14-8-7-13-34(35)42-33-12-6-4-10-30(33)40-39(42)43/h3-22H,1-2H3.